The van der Waals surface area contributed by atoms with Gasteiger partial charge in [-0.15, -0.1) is 0 Å². The van der Waals surface area contributed by atoms with Crippen molar-refractivity contribution in [2.24, 2.45) is 0 Å². The second kappa shape index (κ2) is 13.7. The molecule has 0 radical (unpaired) electrons. The maximum atomic E-state index is 10.2. The van der Waals surface area contributed by atoms with Gasteiger partial charge in [-0.05, 0) is 6.42 Å². The monoisotopic (exact) mass is 316 g/mol. The summed E-state index contributed by atoms with van der Waals surface area (Å²) in [5.41, 5.74) is 0. The van der Waals surface area contributed by atoms with Crippen molar-refractivity contribution in [1.82, 2.24) is 0 Å². The van der Waals surface area contributed by atoms with Gasteiger partial charge in [-0.25, -0.2) is 4.18 Å². The highest BCUT2D eigenvalue weighted by Crippen LogP contribution is 1.87. The van der Waals surface area contributed by atoms with Gasteiger partial charge in [0.25, 0.3) is 0 Å². The zero-order valence-corrected chi connectivity index (χ0v) is 12.6. The van der Waals surface area contributed by atoms with Crippen LogP contribution in [0.25, 0.3) is 0 Å². The molecule has 0 aliphatic rings. The summed E-state index contributed by atoms with van der Waals surface area (Å²) < 4.78 is 53.4. The van der Waals surface area contributed by atoms with Gasteiger partial charge in [-0.3, -0.25) is 4.55 Å². The Morgan fingerprint density at radius 2 is 1.05 bits per heavy atom. The van der Waals surface area contributed by atoms with Crippen LogP contribution in [0.4, 0.5) is 0 Å². The number of ether oxygens (including phenoxy) is 4. The molecule has 0 heterocycles. The van der Waals surface area contributed by atoms with Crippen molar-refractivity contribution in [3.05, 3.63) is 0 Å². The van der Waals surface area contributed by atoms with E-state index in [1.54, 1.807) is 0 Å². The lowest BCUT2D eigenvalue weighted by atomic mass is 10.5. The molecule has 122 valence electrons. The Morgan fingerprint density at radius 1 is 0.700 bits per heavy atom. The Labute approximate surface area is 120 Å². The lowest BCUT2D eigenvalue weighted by Crippen LogP contribution is -2.14. The second-order valence-electron chi connectivity index (χ2n) is 3.70. The average molecular weight is 316 g/mol. The molecule has 0 fully saturated rings. The topological polar surface area (TPSA) is 101 Å². The molecule has 0 rings (SSSR count). The molecule has 0 aromatic carbocycles. The standard InChI is InChI=1S/C11H24O8S/c1-2-3-15-4-5-16-6-7-17-8-9-18-10-11-19-20(12,13)14/h2-11H2,1H3,(H,12,13,14). The summed E-state index contributed by atoms with van der Waals surface area (Å²) in [6.07, 6.45) is 0.998. The molecule has 0 spiro atoms. The summed E-state index contributed by atoms with van der Waals surface area (Å²) >= 11 is 0. The van der Waals surface area contributed by atoms with E-state index in [0.29, 0.717) is 39.6 Å². The Morgan fingerprint density at radius 3 is 1.40 bits per heavy atom. The molecule has 1 N–H and O–H groups in total. The van der Waals surface area contributed by atoms with Crippen molar-refractivity contribution in [2.75, 3.05) is 59.5 Å². The molecule has 0 aliphatic carbocycles. The van der Waals surface area contributed by atoms with Gasteiger partial charge in [0, 0.05) is 6.61 Å². The van der Waals surface area contributed by atoms with Crippen molar-refractivity contribution >= 4 is 10.4 Å². The third-order valence-electron chi connectivity index (χ3n) is 1.92. The van der Waals surface area contributed by atoms with E-state index in [1.165, 1.54) is 0 Å². The third kappa shape index (κ3) is 17.7. The van der Waals surface area contributed by atoms with Crippen LogP contribution in [-0.4, -0.2) is 72.4 Å². The predicted molar refractivity (Wildman–Crippen MR) is 71.1 cm³/mol. The van der Waals surface area contributed by atoms with Crippen molar-refractivity contribution in [3.63, 3.8) is 0 Å². The molecule has 0 aliphatic heterocycles. The van der Waals surface area contributed by atoms with Gasteiger partial charge >= 0.3 is 10.4 Å². The van der Waals surface area contributed by atoms with Crippen LogP contribution in [0.2, 0.25) is 0 Å². The molecule has 0 atom stereocenters. The molecule has 0 aromatic heterocycles. The van der Waals surface area contributed by atoms with E-state index >= 15 is 0 Å². The lowest BCUT2D eigenvalue weighted by Gasteiger charge is -2.07. The number of hydrogen-bond donors (Lipinski definition) is 1. The zero-order valence-electron chi connectivity index (χ0n) is 11.8. The normalized spacial score (nSPS) is 11.9. The Balaban J connectivity index is 3.03. The maximum absolute atomic E-state index is 10.2. The van der Waals surface area contributed by atoms with Gasteiger partial charge in [-0.2, -0.15) is 8.42 Å². The molecule has 0 aromatic rings. The summed E-state index contributed by atoms with van der Waals surface area (Å²) in [5, 5.41) is 0. The largest absolute Gasteiger partial charge is 0.397 e. The fraction of sp³-hybridized carbons (Fsp3) is 1.00. The van der Waals surface area contributed by atoms with Crippen LogP contribution >= 0.6 is 0 Å². The summed E-state index contributed by atoms with van der Waals surface area (Å²) in [6.45, 7) is 5.41. The minimum Gasteiger partial charge on any atom is -0.379 e. The minimum atomic E-state index is -4.38. The Kier molecular flexibility index (Phi) is 13.5. The molecule has 0 bridgehead atoms. The molecule has 0 unspecified atom stereocenters. The third-order valence-corrected chi connectivity index (χ3v) is 2.39. The molecule has 0 saturated heterocycles. The first-order valence-corrected chi connectivity index (χ1v) is 7.85. The van der Waals surface area contributed by atoms with Crippen LogP contribution in [0.1, 0.15) is 13.3 Å². The molecule has 0 saturated carbocycles. The molecule has 8 nitrogen and oxygen atoms in total. The summed E-state index contributed by atoms with van der Waals surface area (Å²) in [7, 11) is -4.38. The van der Waals surface area contributed by atoms with Gasteiger partial charge in [0.1, 0.15) is 0 Å². The number of rotatable bonds is 15. The van der Waals surface area contributed by atoms with Gasteiger partial charge in [0.15, 0.2) is 0 Å². The summed E-state index contributed by atoms with van der Waals surface area (Å²) in [6, 6.07) is 0. The smallest absolute Gasteiger partial charge is 0.379 e. The van der Waals surface area contributed by atoms with Crippen LogP contribution in [0, 0.1) is 0 Å². The zero-order chi connectivity index (χ0) is 15.1. The molecular formula is C11H24O8S. The first kappa shape index (κ1) is 19.7. The van der Waals surface area contributed by atoms with E-state index in [-0.39, 0.29) is 13.2 Å². The summed E-state index contributed by atoms with van der Waals surface area (Å²) in [4.78, 5) is 0. The van der Waals surface area contributed by atoms with Crippen LogP contribution in [-0.2, 0) is 33.5 Å². The first-order valence-electron chi connectivity index (χ1n) is 6.49. The van der Waals surface area contributed by atoms with Gasteiger partial charge in [-0.1, -0.05) is 6.92 Å². The van der Waals surface area contributed by atoms with Crippen LogP contribution in [0.3, 0.4) is 0 Å². The van der Waals surface area contributed by atoms with Gasteiger partial charge in [0.2, 0.25) is 0 Å². The fourth-order valence-electron chi connectivity index (χ4n) is 1.10. The highest BCUT2D eigenvalue weighted by molar-refractivity contribution is 7.80. The van der Waals surface area contributed by atoms with E-state index in [4.69, 9.17) is 23.5 Å². The predicted octanol–water partition coefficient (Wildman–Crippen LogP) is 0.282. The highest BCUT2D eigenvalue weighted by atomic mass is 32.3. The minimum absolute atomic E-state index is 0.0639. The number of hydrogen-bond acceptors (Lipinski definition) is 7. The Bertz CT molecular complexity index is 293. The molecular weight excluding hydrogens is 292 g/mol. The van der Waals surface area contributed by atoms with E-state index in [0.717, 1.165) is 13.0 Å². The SMILES string of the molecule is CCCOCCOCCOCCOCCOS(=O)(=O)O. The highest BCUT2D eigenvalue weighted by Gasteiger charge is 2.02. The van der Waals surface area contributed by atoms with Crippen LogP contribution in [0.5, 0.6) is 0 Å². The van der Waals surface area contributed by atoms with Crippen molar-refractivity contribution in [2.45, 2.75) is 13.3 Å². The second-order valence-corrected chi connectivity index (χ2v) is 4.79. The lowest BCUT2D eigenvalue weighted by molar-refractivity contribution is -0.00461. The van der Waals surface area contributed by atoms with Gasteiger partial charge < -0.3 is 18.9 Å². The molecule has 20 heavy (non-hydrogen) atoms. The maximum Gasteiger partial charge on any atom is 0.397 e. The van der Waals surface area contributed by atoms with Crippen LogP contribution in [0.15, 0.2) is 0 Å². The summed E-state index contributed by atoms with van der Waals surface area (Å²) in [5.74, 6) is 0. The molecule has 9 heteroatoms. The van der Waals surface area contributed by atoms with E-state index in [9.17, 15) is 8.42 Å². The average Bonchev–Trinajstić information content (AvgIpc) is 2.38. The molecule has 0 amide bonds. The van der Waals surface area contributed by atoms with Gasteiger partial charge in [0.05, 0.1) is 52.9 Å². The fourth-order valence-corrected chi connectivity index (χ4v) is 1.38. The van der Waals surface area contributed by atoms with E-state index in [1.807, 2.05) is 6.92 Å². The van der Waals surface area contributed by atoms with Crippen LogP contribution < -0.4 is 0 Å². The van der Waals surface area contributed by atoms with Crippen molar-refractivity contribution < 1.29 is 36.1 Å². The first-order chi connectivity index (χ1) is 9.56. The van der Waals surface area contributed by atoms with Crippen molar-refractivity contribution in [3.8, 4) is 0 Å². The quantitative estimate of drug-likeness (QED) is 0.340. The Hall–Kier alpha value is -0.290. The van der Waals surface area contributed by atoms with Crippen molar-refractivity contribution in [1.29, 1.82) is 0 Å². The van der Waals surface area contributed by atoms with E-state index < -0.39 is 10.4 Å². The van der Waals surface area contributed by atoms with E-state index in [2.05, 4.69) is 4.18 Å².